The number of amides is 1. The zero-order chi connectivity index (χ0) is 17.4. The van der Waals surface area contributed by atoms with Crippen molar-refractivity contribution in [3.63, 3.8) is 0 Å². The van der Waals surface area contributed by atoms with E-state index in [0.29, 0.717) is 31.0 Å². The van der Waals surface area contributed by atoms with Crippen molar-refractivity contribution in [2.24, 2.45) is 0 Å². The normalized spacial score (nSPS) is 10.4. The Kier molecular flexibility index (Phi) is 6.30. The molecule has 0 atom stereocenters. The standard InChI is InChI=1S/C16H19N3O5/c1-2-23-14(21)9-6-10-17-13(20)11-19-15(18-24-16(19)22)12-7-4-3-5-8-12/h3-5,7-8H,2,6,9-11H2,1H3,(H,17,20). The zero-order valence-corrected chi connectivity index (χ0v) is 13.4. The van der Waals surface area contributed by atoms with Crippen molar-refractivity contribution in [1.82, 2.24) is 15.0 Å². The van der Waals surface area contributed by atoms with Gasteiger partial charge in [-0.2, -0.15) is 0 Å². The molecular formula is C16H19N3O5. The van der Waals surface area contributed by atoms with E-state index in [9.17, 15) is 14.4 Å². The quantitative estimate of drug-likeness (QED) is 0.570. The van der Waals surface area contributed by atoms with Crippen molar-refractivity contribution in [3.05, 3.63) is 40.9 Å². The average molecular weight is 333 g/mol. The van der Waals surface area contributed by atoms with Crippen LogP contribution >= 0.6 is 0 Å². The Bertz CT molecular complexity index is 736. The Balaban J connectivity index is 1.90. The van der Waals surface area contributed by atoms with E-state index in [2.05, 4.69) is 15.0 Å². The lowest BCUT2D eigenvalue weighted by Crippen LogP contribution is -2.32. The van der Waals surface area contributed by atoms with Gasteiger partial charge in [-0.15, -0.1) is 0 Å². The second-order valence-corrected chi connectivity index (χ2v) is 4.98. The van der Waals surface area contributed by atoms with Crippen molar-refractivity contribution in [3.8, 4) is 11.4 Å². The lowest BCUT2D eigenvalue weighted by Gasteiger charge is -2.06. The Labute approximate surface area is 138 Å². The summed E-state index contributed by atoms with van der Waals surface area (Å²) in [5.74, 6) is -1.06. The van der Waals surface area contributed by atoms with Crippen molar-refractivity contribution < 1.29 is 18.8 Å². The second-order valence-electron chi connectivity index (χ2n) is 4.98. The van der Waals surface area contributed by atoms with Gasteiger partial charge in [0.15, 0.2) is 5.82 Å². The molecule has 2 rings (SSSR count). The molecule has 0 saturated heterocycles. The summed E-state index contributed by atoms with van der Waals surface area (Å²) in [4.78, 5) is 34.9. The topological polar surface area (TPSA) is 103 Å². The Morgan fingerprint density at radius 1 is 1.29 bits per heavy atom. The van der Waals surface area contributed by atoms with Gasteiger partial charge < -0.3 is 10.1 Å². The van der Waals surface area contributed by atoms with Gasteiger partial charge in [-0.1, -0.05) is 35.5 Å². The number of nitrogens with zero attached hydrogens (tertiary/aromatic N) is 2. The highest BCUT2D eigenvalue weighted by Gasteiger charge is 2.15. The number of esters is 1. The van der Waals surface area contributed by atoms with Crippen LogP contribution in [-0.2, 0) is 20.9 Å². The lowest BCUT2D eigenvalue weighted by molar-refractivity contribution is -0.143. The molecule has 1 N–H and O–H groups in total. The maximum Gasteiger partial charge on any atom is 0.442 e. The number of hydrogen-bond acceptors (Lipinski definition) is 6. The highest BCUT2D eigenvalue weighted by Crippen LogP contribution is 2.14. The number of aromatic nitrogens is 2. The van der Waals surface area contributed by atoms with Crippen molar-refractivity contribution in [2.45, 2.75) is 26.3 Å². The Hall–Kier alpha value is -2.90. The summed E-state index contributed by atoms with van der Waals surface area (Å²) >= 11 is 0. The monoisotopic (exact) mass is 333 g/mol. The fourth-order valence-electron chi connectivity index (χ4n) is 2.10. The number of carbonyl (C=O) groups is 2. The molecule has 0 saturated carbocycles. The third kappa shape index (κ3) is 4.80. The largest absolute Gasteiger partial charge is 0.466 e. The van der Waals surface area contributed by atoms with Gasteiger partial charge >= 0.3 is 11.7 Å². The minimum atomic E-state index is -0.699. The summed E-state index contributed by atoms with van der Waals surface area (Å²) in [7, 11) is 0. The molecule has 1 amide bonds. The maximum atomic E-state index is 12.0. The van der Waals surface area contributed by atoms with Crippen LogP contribution in [-0.4, -0.2) is 34.8 Å². The summed E-state index contributed by atoms with van der Waals surface area (Å²) in [6, 6.07) is 8.97. The third-order valence-electron chi connectivity index (χ3n) is 3.21. The average Bonchev–Trinajstić information content (AvgIpc) is 2.93. The molecule has 0 aliphatic heterocycles. The number of carbonyl (C=O) groups excluding carboxylic acids is 2. The van der Waals surface area contributed by atoms with E-state index in [4.69, 9.17) is 4.74 Å². The zero-order valence-electron chi connectivity index (χ0n) is 13.4. The first-order chi connectivity index (χ1) is 11.6. The second kappa shape index (κ2) is 8.66. The number of benzene rings is 1. The van der Waals surface area contributed by atoms with Gasteiger partial charge in [0.1, 0.15) is 6.54 Å². The third-order valence-corrected chi connectivity index (χ3v) is 3.21. The molecule has 0 aliphatic rings. The summed E-state index contributed by atoms with van der Waals surface area (Å²) in [5, 5.41) is 6.36. The van der Waals surface area contributed by atoms with Gasteiger partial charge in [0.2, 0.25) is 5.91 Å². The lowest BCUT2D eigenvalue weighted by atomic mass is 10.2. The van der Waals surface area contributed by atoms with Crippen LogP contribution in [0.1, 0.15) is 19.8 Å². The first kappa shape index (κ1) is 17.5. The van der Waals surface area contributed by atoms with Gasteiger partial charge in [-0.05, 0) is 13.3 Å². The molecule has 1 aromatic carbocycles. The molecule has 0 unspecified atom stereocenters. The molecule has 0 fully saturated rings. The molecule has 8 nitrogen and oxygen atoms in total. The van der Waals surface area contributed by atoms with Crippen LogP contribution in [0.3, 0.4) is 0 Å². The molecule has 128 valence electrons. The molecular weight excluding hydrogens is 314 g/mol. The van der Waals surface area contributed by atoms with Gasteiger partial charge in [0.05, 0.1) is 6.61 Å². The maximum absolute atomic E-state index is 12.0. The molecule has 0 bridgehead atoms. The summed E-state index contributed by atoms with van der Waals surface area (Å²) in [6.45, 7) is 2.19. The number of ether oxygens (including phenoxy) is 1. The predicted molar refractivity (Wildman–Crippen MR) is 85.1 cm³/mol. The van der Waals surface area contributed by atoms with Gasteiger partial charge in [-0.25, -0.2) is 9.36 Å². The van der Waals surface area contributed by atoms with E-state index in [-0.39, 0.29) is 24.8 Å². The molecule has 1 aromatic heterocycles. The van der Waals surface area contributed by atoms with E-state index < -0.39 is 5.76 Å². The van der Waals surface area contributed by atoms with Crippen LogP contribution in [0, 0.1) is 0 Å². The van der Waals surface area contributed by atoms with Crippen LogP contribution in [0.2, 0.25) is 0 Å². The first-order valence-electron chi connectivity index (χ1n) is 7.66. The Morgan fingerprint density at radius 2 is 2.04 bits per heavy atom. The fraction of sp³-hybridized carbons (Fsp3) is 0.375. The van der Waals surface area contributed by atoms with Crippen molar-refractivity contribution in [2.75, 3.05) is 13.2 Å². The van der Waals surface area contributed by atoms with Crippen LogP contribution in [0.25, 0.3) is 11.4 Å². The summed E-state index contributed by atoms with van der Waals surface area (Å²) < 4.78 is 10.6. The molecule has 0 aliphatic carbocycles. The molecule has 0 spiro atoms. The van der Waals surface area contributed by atoms with Gasteiger partial charge in [0.25, 0.3) is 0 Å². The molecule has 8 heteroatoms. The minimum absolute atomic E-state index is 0.202. The van der Waals surface area contributed by atoms with E-state index >= 15 is 0 Å². The molecule has 2 aromatic rings. The highest BCUT2D eigenvalue weighted by molar-refractivity contribution is 5.76. The highest BCUT2D eigenvalue weighted by atomic mass is 16.5. The number of nitrogens with one attached hydrogen (secondary N) is 1. The van der Waals surface area contributed by atoms with Crippen LogP contribution in [0.15, 0.2) is 39.6 Å². The van der Waals surface area contributed by atoms with E-state index in [1.165, 1.54) is 0 Å². The number of hydrogen-bond donors (Lipinski definition) is 1. The van der Waals surface area contributed by atoms with Crippen LogP contribution < -0.4 is 11.1 Å². The Morgan fingerprint density at radius 3 is 2.75 bits per heavy atom. The summed E-state index contributed by atoms with van der Waals surface area (Å²) in [6.07, 6.45) is 0.700. The predicted octanol–water partition coefficient (Wildman–Crippen LogP) is 0.963. The SMILES string of the molecule is CCOC(=O)CCCNC(=O)Cn1c(-c2ccccc2)noc1=O. The van der Waals surface area contributed by atoms with Crippen molar-refractivity contribution >= 4 is 11.9 Å². The first-order valence-corrected chi connectivity index (χ1v) is 7.66. The van der Waals surface area contributed by atoms with Crippen LogP contribution in [0.5, 0.6) is 0 Å². The summed E-state index contributed by atoms with van der Waals surface area (Å²) in [5.41, 5.74) is 0.679. The molecule has 0 radical (unpaired) electrons. The minimum Gasteiger partial charge on any atom is -0.466 e. The van der Waals surface area contributed by atoms with E-state index in [0.717, 1.165) is 4.57 Å². The number of rotatable bonds is 8. The molecule has 1 heterocycles. The van der Waals surface area contributed by atoms with E-state index in [1.807, 2.05) is 6.07 Å². The fourth-order valence-corrected chi connectivity index (χ4v) is 2.10. The van der Waals surface area contributed by atoms with Crippen molar-refractivity contribution in [1.29, 1.82) is 0 Å². The molecule has 24 heavy (non-hydrogen) atoms. The van der Waals surface area contributed by atoms with Gasteiger partial charge in [-0.3, -0.25) is 14.1 Å². The van der Waals surface area contributed by atoms with Gasteiger partial charge in [0, 0.05) is 18.5 Å². The van der Waals surface area contributed by atoms with Crippen LogP contribution in [0.4, 0.5) is 0 Å². The smallest absolute Gasteiger partial charge is 0.442 e. The van der Waals surface area contributed by atoms with E-state index in [1.54, 1.807) is 31.2 Å².